The van der Waals surface area contributed by atoms with E-state index < -0.39 is 81.7 Å². The number of aromatic nitrogens is 4. The predicted molar refractivity (Wildman–Crippen MR) is 148 cm³/mol. The molecule has 7 heterocycles. The summed E-state index contributed by atoms with van der Waals surface area (Å²) < 4.78 is 33.0. The summed E-state index contributed by atoms with van der Waals surface area (Å²) in [6.45, 7) is -0.810. The predicted octanol–water partition coefficient (Wildman–Crippen LogP) is -2.70. The van der Waals surface area contributed by atoms with E-state index in [1.165, 1.54) is 4.90 Å². The number of ether oxygens (including phenoxy) is 1. The number of nitrogens with one attached hydrogen (secondary N) is 4. The van der Waals surface area contributed by atoms with Gasteiger partial charge in [0.15, 0.2) is 41.7 Å². The van der Waals surface area contributed by atoms with Crippen LogP contribution in [0.4, 0.5) is 11.8 Å². The third kappa shape index (κ3) is 5.11. The van der Waals surface area contributed by atoms with Crippen LogP contribution in [0.5, 0.6) is 11.5 Å². The number of nitrogens with zero attached hydrogens (tertiary/aromatic N) is 4. The van der Waals surface area contributed by atoms with Gasteiger partial charge < -0.3 is 40.6 Å². The number of nitrogens with two attached hydrogens (primary N) is 2. The zero-order chi connectivity index (χ0) is 31.8. The van der Waals surface area contributed by atoms with E-state index >= 15 is 0 Å². The largest absolute Gasteiger partial charge is 0.663 e. The summed E-state index contributed by atoms with van der Waals surface area (Å²) in [5, 5.41) is 30.9. The monoisotopic (exact) mass is 674 g/mol. The molecule has 0 radical (unpaired) electrons. The van der Waals surface area contributed by atoms with Gasteiger partial charge in [-0.1, -0.05) is 0 Å². The highest BCUT2D eigenvalue weighted by molar-refractivity contribution is 7.55. The molecular weight excluding hydrogens is 650 g/mol. The van der Waals surface area contributed by atoms with Crippen molar-refractivity contribution in [3.8, 4) is 11.5 Å². The van der Waals surface area contributed by atoms with E-state index in [1.807, 2.05) is 0 Å². The minimum absolute atomic E-state index is 0.0847. The number of hydrogen-bond acceptors (Lipinski definition) is 21. The standard InChI is InChI=1S/C20H22N10O13P2/c21-19-23-1-6-14(26-19)29(4-24-6)17-11(32)12-8(41-17)3-39-45(36,37)43-13-10(31)7(2-38-44(34,35)42-12)40-18(13)30-5-25-9-15(30)27-20(22)28-16(9)33/h1-2,5,10,14,19,23-24,26,31,34-37H,3-4,21H2,(H2-2,22,27,28,32,33)/p+2/b7-2+/t10-,14?,19?/m1/s1. The Kier molecular flexibility index (Phi) is 6.72. The molecule has 4 aliphatic rings. The van der Waals surface area contributed by atoms with Gasteiger partial charge in [-0.05, 0) is 0 Å². The van der Waals surface area contributed by atoms with Crippen molar-refractivity contribution in [3.05, 3.63) is 52.1 Å². The molecule has 0 aromatic carbocycles. The van der Waals surface area contributed by atoms with Gasteiger partial charge >= 0.3 is 16.3 Å². The molecule has 0 spiro atoms. The highest BCUT2D eigenvalue weighted by atomic mass is 31.2. The number of aromatic hydroxyl groups is 1. The Hall–Kier alpha value is -4.41. The fraction of sp³-hybridized carbons (Fsp3) is 0.250. The zero-order valence-electron chi connectivity index (χ0n) is 22.3. The summed E-state index contributed by atoms with van der Waals surface area (Å²) in [5.41, 5.74) is 11.1. The molecule has 4 aliphatic heterocycles. The first kappa shape index (κ1) is 29.3. The van der Waals surface area contributed by atoms with Crippen molar-refractivity contribution < 1.29 is 57.0 Å². The summed E-state index contributed by atoms with van der Waals surface area (Å²) in [7, 11) is -9.90. The molecule has 3 atom stereocenters. The molecular formula is C20H24N10O13P2+2. The minimum atomic E-state index is -4.95. The first-order chi connectivity index (χ1) is 21.3. The lowest BCUT2D eigenvalue weighted by Gasteiger charge is -2.30. The first-order valence-corrected chi connectivity index (χ1v) is 15.6. The van der Waals surface area contributed by atoms with Crippen molar-refractivity contribution in [2.45, 2.75) is 25.2 Å². The quantitative estimate of drug-likeness (QED) is 0.123. The third-order valence-electron chi connectivity index (χ3n) is 6.65. The second-order valence-corrected chi connectivity index (χ2v) is 12.4. The number of H-pyrrole nitrogens is 1. The average Bonchev–Trinajstić information content (AvgIpc) is 3.72. The SMILES string of the molecule is Nc1nc2c(ncn2C2=C3O[P+](O)(O)OCc4oc(N5CNC6=CNC(N)NC65)c(O)c4O[P+](O)(O)O/C=C(/O2)[C@H]3O)c(=O)[nH]1. The lowest BCUT2D eigenvalue weighted by atomic mass is 10.3. The molecule has 0 aliphatic carbocycles. The average molecular weight is 674 g/mol. The second kappa shape index (κ2) is 10.3. The molecule has 14 N–H and O–H groups in total. The number of aromatic amines is 1. The molecule has 3 aromatic rings. The third-order valence-corrected chi connectivity index (χ3v) is 8.35. The van der Waals surface area contributed by atoms with Crippen LogP contribution < -0.4 is 42.4 Å². The van der Waals surface area contributed by atoms with Gasteiger partial charge in [-0.25, -0.2) is 14.1 Å². The van der Waals surface area contributed by atoms with Crippen LogP contribution in [0.3, 0.4) is 0 Å². The summed E-state index contributed by atoms with van der Waals surface area (Å²) >= 11 is 0. The Labute approximate surface area is 249 Å². The molecule has 45 heavy (non-hydrogen) atoms. The van der Waals surface area contributed by atoms with Crippen LogP contribution in [0.2, 0.25) is 0 Å². The van der Waals surface area contributed by atoms with E-state index in [0.29, 0.717) is 12.0 Å². The van der Waals surface area contributed by atoms with Crippen molar-refractivity contribution in [2.24, 2.45) is 5.73 Å². The number of rotatable bonds is 2. The van der Waals surface area contributed by atoms with Crippen molar-refractivity contribution in [1.29, 1.82) is 0 Å². The van der Waals surface area contributed by atoms with Crippen LogP contribution in [0, 0.1) is 0 Å². The second-order valence-electron chi connectivity index (χ2n) is 9.60. The molecule has 1 fully saturated rings. The van der Waals surface area contributed by atoms with Gasteiger partial charge in [0.1, 0.15) is 18.8 Å². The normalized spacial score (nSPS) is 26.6. The van der Waals surface area contributed by atoms with Crippen LogP contribution in [0.15, 0.2) is 45.2 Å². The van der Waals surface area contributed by atoms with E-state index in [2.05, 4.69) is 30.9 Å². The molecule has 7 rings (SSSR count). The van der Waals surface area contributed by atoms with Gasteiger partial charge in [0.2, 0.25) is 17.6 Å². The summed E-state index contributed by atoms with van der Waals surface area (Å²) in [5.74, 6) is -4.19. The van der Waals surface area contributed by atoms with Crippen LogP contribution in [-0.4, -0.2) is 74.5 Å². The molecule has 3 aromatic heterocycles. The lowest BCUT2D eigenvalue weighted by Crippen LogP contribution is -2.59. The smallest absolute Gasteiger partial charge is 0.500 e. The van der Waals surface area contributed by atoms with Gasteiger partial charge in [-0.2, -0.15) is 24.6 Å². The van der Waals surface area contributed by atoms with Gasteiger partial charge in [0, 0.05) is 6.20 Å². The van der Waals surface area contributed by atoms with Gasteiger partial charge in [0.25, 0.3) is 23.0 Å². The van der Waals surface area contributed by atoms with Crippen LogP contribution in [-0.2, 0) is 24.9 Å². The maximum Gasteiger partial charge on any atom is 0.663 e. The lowest BCUT2D eigenvalue weighted by molar-refractivity contribution is 0.102. The van der Waals surface area contributed by atoms with E-state index in [4.69, 9.17) is 38.7 Å². The Morgan fingerprint density at radius 3 is 2.76 bits per heavy atom. The molecule has 0 amide bonds. The Bertz CT molecular complexity index is 1850. The zero-order valence-corrected chi connectivity index (χ0v) is 24.0. The molecule has 240 valence electrons. The molecule has 23 nitrogen and oxygen atoms in total. The van der Waals surface area contributed by atoms with Crippen LogP contribution >= 0.6 is 16.3 Å². The van der Waals surface area contributed by atoms with E-state index in [1.54, 1.807) is 6.20 Å². The summed E-state index contributed by atoms with van der Waals surface area (Å²) in [6, 6.07) is 0. The van der Waals surface area contributed by atoms with E-state index in [0.717, 1.165) is 10.9 Å². The highest BCUT2D eigenvalue weighted by Gasteiger charge is 2.53. The number of anilines is 2. The molecule has 2 unspecified atom stereocenters. The maximum atomic E-state index is 12.3. The van der Waals surface area contributed by atoms with Crippen LogP contribution in [0.25, 0.3) is 17.0 Å². The molecule has 0 saturated carbocycles. The number of imidazole rings is 1. The molecule has 2 bridgehead atoms. The van der Waals surface area contributed by atoms with Crippen molar-refractivity contribution in [2.75, 3.05) is 17.3 Å². The number of hydrogen-bond donors (Lipinski definition) is 12. The van der Waals surface area contributed by atoms with Crippen molar-refractivity contribution >= 4 is 45.2 Å². The maximum absolute atomic E-state index is 12.3. The van der Waals surface area contributed by atoms with E-state index in [9.17, 15) is 34.6 Å². The highest BCUT2D eigenvalue weighted by Crippen LogP contribution is 2.61. The fourth-order valence-electron chi connectivity index (χ4n) is 4.70. The van der Waals surface area contributed by atoms with Gasteiger partial charge in [0.05, 0.1) is 12.4 Å². The fourth-order valence-corrected chi connectivity index (χ4v) is 6.18. The number of aliphatic hydroxyl groups excluding tert-OH is 1. The first-order valence-electron chi connectivity index (χ1n) is 12.6. The number of furan rings is 1. The van der Waals surface area contributed by atoms with E-state index in [-0.39, 0.29) is 29.7 Å². The summed E-state index contributed by atoms with van der Waals surface area (Å²) in [6.07, 6.45) is -0.0535. The van der Waals surface area contributed by atoms with Gasteiger partial charge in [-0.3, -0.25) is 29.9 Å². The minimum Gasteiger partial charge on any atom is -0.500 e. The van der Waals surface area contributed by atoms with Crippen LogP contribution in [0.1, 0.15) is 5.76 Å². The number of aliphatic hydroxyl groups is 1. The van der Waals surface area contributed by atoms with Crippen molar-refractivity contribution in [3.63, 3.8) is 0 Å². The Morgan fingerprint density at radius 1 is 1.16 bits per heavy atom. The number of nitrogen functional groups attached to an aromatic ring is 1. The Morgan fingerprint density at radius 2 is 1.96 bits per heavy atom. The molecule has 1 saturated heterocycles. The Balaban J connectivity index is 1.27. The topological polar surface area (TPSA) is 336 Å². The summed E-state index contributed by atoms with van der Waals surface area (Å²) in [4.78, 5) is 66.6. The van der Waals surface area contributed by atoms with Gasteiger partial charge in [-0.15, -0.1) is 4.52 Å². The van der Waals surface area contributed by atoms with Crippen molar-refractivity contribution in [1.82, 2.24) is 35.5 Å². The number of fused-ring (bicyclic) bond motifs is 5. The molecule has 25 heteroatoms.